The second-order valence-corrected chi connectivity index (χ2v) is 7.49. The molecule has 0 aliphatic carbocycles. The molecule has 0 aromatic heterocycles. The summed E-state index contributed by atoms with van der Waals surface area (Å²) in [4.78, 5) is 3.92. The van der Waals surface area contributed by atoms with Gasteiger partial charge in [-0.25, -0.2) is 4.39 Å². The van der Waals surface area contributed by atoms with Gasteiger partial charge >= 0.3 is 0 Å². The Morgan fingerprint density at radius 1 is 1.15 bits per heavy atom. The summed E-state index contributed by atoms with van der Waals surface area (Å²) in [7, 11) is 0. The van der Waals surface area contributed by atoms with Crippen LogP contribution >= 0.6 is 23.2 Å². The van der Waals surface area contributed by atoms with Gasteiger partial charge in [-0.15, -0.1) is 0 Å². The molecule has 2 N–H and O–H groups in total. The van der Waals surface area contributed by atoms with E-state index in [4.69, 9.17) is 23.2 Å². The van der Waals surface area contributed by atoms with Gasteiger partial charge in [-0.1, -0.05) is 49.2 Å². The van der Waals surface area contributed by atoms with Gasteiger partial charge in [-0.05, 0) is 42.9 Å². The summed E-state index contributed by atoms with van der Waals surface area (Å²) in [5.74, 6) is -0.421. The zero-order valence-electron chi connectivity index (χ0n) is 15.3. The fraction of sp³-hybridized carbons (Fsp3) is 0.400. The summed E-state index contributed by atoms with van der Waals surface area (Å²) in [5.41, 5.74) is -0.452. The molecule has 2 aromatic rings. The Hall–Kier alpha value is -1.37. The summed E-state index contributed by atoms with van der Waals surface area (Å²) in [6.07, 6.45) is -1.27. The van der Waals surface area contributed by atoms with Gasteiger partial charge in [0.1, 0.15) is 5.82 Å². The van der Waals surface area contributed by atoms with Crippen LogP contribution in [0.3, 0.4) is 0 Å². The van der Waals surface area contributed by atoms with E-state index in [0.29, 0.717) is 34.9 Å². The molecule has 0 fully saturated rings. The highest BCUT2D eigenvalue weighted by Gasteiger charge is 2.52. The number of nitrogens with zero attached hydrogens (tertiary/aromatic N) is 2. The Kier molecular flexibility index (Phi) is 5.99. The molecular weight excluding hydrogens is 390 g/mol. The van der Waals surface area contributed by atoms with Crippen molar-refractivity contribution >= 4 is 28.9 Å². The number of hydrogen-bond acceptors (Lipinski definition) is 4. The molecule has 2 unspecified atom stereocenters. The van der Waals surface area contributed by atoms with E-state index in [-0.39, 0.29) is 5.02 Å². The molecule has 4 nitrogen and oxygen atoms in total. The summed E-state index contributed by atoms with van der Waals surface area (Å²) >= 11 is 12.6. The molecular formula is C20H23Cl2FN2O2. The highest BCUT2D eigenvalue weighted by Crippen LogP contribution is 2.50. The van der Waals surface area contributed by atoms with Gasteiger partial charge in [0.2, 0.25) is 0 Å². The number of fused-ring (bicyclic) bond motifs is 1. The molecule has 0 bridgehead atoms. The molecule has 0 saturated heterocycles. The molecule has 1 aliphatic heterocycles. The largest absolute Gasteiger partial charge is 0.375 e. The third kappa shape index (κ3) is 3.55. The van der Waals surface area contributed by atoms with E-state index in [1.54, 1.807) is 11.0 Å². The number of rotatable bonds is 6. The maximum Gasteiger partial charge on any atom is 0.164 e. The molecule has 2 aromatic carbocycles. The van der Waals surface area contributed by atoms with Gasteiger partial charge < -0.3 is 20.0 Å². The van der Waals surface area contributed by atoms with Crippen molar-refractivity contribution < 1.29 is 14.6 Å². The lowest BCUT2D eigenvalue weighted by Gasteiger charge is -2.33. The normalized spacial score (nSPS) is 21.8. The fourth-order valence-corrected chi connectivity index (χ4v) is 4.31. The van der Waals surface area contributed by atoms with Gasteiger partial charge in [-0.3, -0.25) is 0 Å². The lowest BCUT2D eigenvalue weighted by molar-refractivity contribution is -0.0387. The minimum absolute atomic E-state index is 0.258. The maximum absolute atomic E-state index is 13.4. The van der Waals surface area contributed by atoms with E-state index in [1.807, 2.05) is 0 Å². The zero-order valence-corrected chi connectivity index (χ0v) is 16.8. The van der Waals surface area contributed by atoms with Crippen LogP contribution in [0, 0.1) is 5.82 Å². The first-order valence-electron chi connectivity index (χ1n) is 8.97. The number of hydrogen-bond donors (Lipinski definition) is 2. The topological polar surface area (TPSA) is 46.9 Å². The molecule has 0 radical (unpaired) electrons. The maximum atomic E-state index is 13.4. The van der Waals surface area contributed by atoms with E-state index in [0.717, 1.165) is 13.1 Å². The Labute approximate surface area is 168 Å². The van der Waals surface area contributed by atoms with Crippen LogP contribution in [0.2, 0.25) is 10.0 Å². The predicted molar refractivity (Wildman–Crippen MR) is 107 cm³/mol. The second kappa shape index (κ2) is 7.94. The predicted octanol–water partition coefficient (Wildman–Crippen LogP) is 3.85. The van der Waals surface area contributed by atoms with Crippen LogP contribution in [0.15, 0.2) is 36.4 Å². The number of benzene rings is 2. The van der Waals surface area contributed by atoms with Crippen molar-refractivity contribution in [3.8, 4) is 0 Å². The lowest BCUT2D eigenvalue weighted by Crippen LogP contribution is -2.48. The Balaban J connectivity index is 2.08. The van der Waals surface area contributed by atoms with Gasteiger partial charge in [0.25, 0.3) is 0 Å². The molecule has 146 valence electrons. The Morgan fingerprint density at radius 3 is 2.37 bits per heavy atom. The SMILES string of the molecule is CCN(CC)CCN1c2cc(Cl)cc(Cl)c2C(O)(c2ccc(F)cc2)C1O. The number of aliphatic hydroxyl groups is 2. The lowest BCUT2D eigenvalue weighted by atomic mass is 9.87. The Morgan fingerprint density at radius 2 is 1.78 bits per heavy atom. The van der Waals surface area contributed by atoms with E-state index in [9.17, 15) is 14.6 Å². The third-order valence-electron chi connectivity index (χ3n) is 5.23. The molecule has 27 heavy (non-hydrogen) atoms. The van der Waals surface area contributed by atoms with Crippen LogP contribution in [0.5, 0.6) is 0 Å². The van der Waals surface area contributed by atoms with Crippen molar-refractivity contribution in [3.63, 3.8) is 0 Å². The number of halogens is 3. The highest BCUT2D eigenvalue weighted by atomic mass is 35.5. The van der Waals surface area contributed by atoms with Crippen molar-refractivity contribution in [2.45, 2.75) is 25.7 Å². The molecule has 0 amide bonds. The molecule has 7 heteroatoms. The second-order valence-electron chi connectivity index (χ2n) is 6.65. The standard InChI is InChI=1S/C20H23Cl2FN2O2/c1-3-24(4-2)9-10-25-17-12-14(21)11-16(22)18(17)20(27,19(25)26)13-5-7-15(23)8-6-13/h5-8,11-12,19,26-27H,3-4,9-10H2,1-2H3. The monoisotopic (exact) mass is 412 g/mol. The van der Waals surface area contributed by atoms with E-state index < -0.39 is 17.6 Å². The number of aliphatic hydroxyl groups excluding tert-OH is 1. The summed E-state index contributed by atoms with van der Waals surface area (Å²) < 4.78 is 13.4. The van der Waals surface area contributed by atoms with Crippen LogP contribution in [-0.4, -0.2) is 47.5 Å². The van der Waals surface area contributed by atoms with Crippen molar-refractivity contribution in [3.05, 3.63) is 63.4 Å². The van der Waals surface area contributed by atoms with Crippen LogP contribution in [0.25, 0.3) is 0 Å². The van der Waals surface area contributed by atoms with Gasteiger partial charge in [0.05, 0.1) is 5.02 Å². The van der Waals surface area contributed by atoms with E-state index >= 15 is 0 Å². The fourth-order valence-electron chi connectivity index (χ4n) is 3.68. The summed E-state index contributed by atoms with van der Waals surface area (Å²) in [6.45, 7) is 7.09. The Bertz CT molecular complexity index is 814. The first-order valence-corrected chi connectivity index (χ1v) is 9.73. The van der Waals surface area contributed by atoms with Gasteiger partial charge in [0, 0.05) is 29.4 Å². The number of anilines is 1. The average Bonchev–Trinajstić information content (AvgIpc) is 2.85. The quantitative estimate of drug-likeness (QED) is 0.756. The van der Waals surface area contributed by atoms with Crippen molar-refractivity contribution in [2.24, 2.45) is 0 Å². The van der Waals surface area contributed by atoms with E-state index in [2.05, 4.69) is 18.7 Å². The highest BCUT2D eigenvalue weighted by molar-refractivity contribution is 6.36. The smallest absolute Gasteiger partial charge is 0.164 e. The number of likely N-dealkylation sites (N-methyl/N-ethyl adjacent to an activating group) is 1. The molecule has 0 spiro atoms. The summed E-state index contributed by atoms with van der Waals surface area (Å²) in [6, 6.07) is 8.65. The van der Waals surface area contributed by atoms with Gasteiger partial charge in [-0.2, -0.15) is 0 Å². The molecule has 2 atom stereocenters. The molecule has 1 aliphatic rings. The molecule has 1 heterocycles. The van der Waals surface area contributed by atoms with Crippen molar-refractivity contribution in [1.82, 2.24) is 4.90 Å². The molecule has 3 rings (SSSR count). The van der Waals surface area contributed by atoms with Crippen LogP contribution in [0.1, 0.15) is 25.0 Å². The van der Waals surface area contributed by atoms with Crippen molar-refractivity contribution in [2.75, 3.05) is 31.1 Å². The van der Waals surface area contributed by atoms with Crippen molar-refractivity contribution in [1.29, 1.82) is 0 Å². The van der Waals surface area contributed by atoms with Crippen LogP contribution in [-0.2, 0) is 5.60 Å². The zero-order chi connectivity index (χ0) is 19.8. The third-order valence-corrected chi connectivity index (χ3v) is 5.75. The van der Waals surface area contributed by atoms with Crippen LogP contribution in [0.4, 0.5) is 10.1 Å². The minimum Gasteiger partial charge on any atom is -0.375 e. The van der Waals surface area contributed by atoms with Gasteiger partial charge in [0.15, 0.2) is 11.8 Å². The first-order chi connectivity index (χ1) is 12.8. The molecule has 0 saturated carbocycles. The van der Waals surface area contributed by atoms with E-state index in [1.165, 1.54) is 30.3 Å². The first kappa shape index (κ1) is 20.4. The average molecular weight is 413 g/mol. The minimum atomic E-state index is -1.78. The summed E-state index contributed by atoms with van der Waals surface area (Å²) in [5, 5.41) is 23.3. The van der Waals surface area contributed by atoms with Crippen LogP contribution < -0.4 is 4.90 Å².